The Balaban J connectivity index is 2.43. The van der Waals surface area contributed by atoms with E-state index in [-0.39, 0.29) is 5.60 Å². The van der Waals surface area contributed by atoms with Crippen LogP contribution in [0.5, 0.6) is 0 Å². The average molecular weight is 198 g/mol. The molecule has 1 fully saturated rings. The molecule has 14 heavy (non-hydrogen) atoms. The second-order valence-electron chi connectivity index (χ2n) is 7.32. The van der Waals surface area contributed by atoms with Crippen LogP contribution in [0.2, 0.25) is 0 Å². The minimum absolute atomic E-state index is 0.148. The van der Waals surface area contributed by atoms with Crippen LogP contribution in [-0.4, -0.2) is 11.7 Å². The molecule has 0 radical (unpaired) electrons. The number of ether oxygens (including phenoxy) is 1. The van der Waals surface area contributed by atoms with Crippen molar-refractivity contribution in [1.29, 1.82) is 0 Å². The third kappa shape index (κ3) is 3.61. The van der Waals surface area contributed by atoms with Crippen LogP contribution in [-0.2, 0) is 4.74 Å². The third-order valence-corrected chi connectivity index (χ3v) is 2.91. The predicted octanol–water partition coefficient (Wildman–Crippen LogP) is 4.02. The van der Waals surface area contributed by atoms with Gasteiger partial charge in [-0.3, -0.25) is 0 Å². The molecular formula is C13H26O. The van der Waals surface area contributed by atoms with E-state index in [1.165, 1.54) is 12.8 Å². The molecular weight excluding hydrogens is 172 g/mol. The highest BCUT2D eigenvalue weighted by Crippen LogP contribution is 2.46. The zero-order valence-electron chi connectivity index (χ0n) is 10.9. The van der Waals surface area contributed by atoms with E-state index in [1.54, 1.807) is 0 Å². The molecule has 0 amide bonds. The highest BCUT2D eigenvalue weighted by molar-refractivity contribution is 4.98. The summed E-state index contributed by atoms with van der Waals surface area (Å²) in [7, 11) is 0. The van der Waals surface area contributed by atoms with E-state index in [4.69, 9.17) is 4.74 Å². The summed E-state index contributed by atoms with van der Waals surface area (Å²) in [4.78, 5) is 0. The van der Waals surface area contributed by atoms with Gasteiger partial charge >= 0.3 is 0 Å². The third-order valence-electron chi connectivity index (χ3n) is 2.91. The molecule has 84 valence electrons. The van der Waals surface area contributed by atoms with E-state index in [1.807, 2.05) is 0 Å². The maximum atomic E-state index is 5.65. The Kier molecular flexibility index (Phi) is 2.78. The molecule has 1 rings (SSSR count). The molecule has 0 aromatic carbocycles. The van der Waals surface area contributed by atoms with Crippen LogP contribution in [0.3, 0.4) is 0 Å². The fourth-order valence-corrected chi connectivity index (χ4v) is 2.63. The first kappa shape index (κ1) is 12.0. The van der Waals surface area contributed by atoms with E-state index in [9.17, 15) is 0 Å². The van der Waals surface area contributed by atoms with E-state index >= 15 is 0 Å². The quantitative estimate of drug-likeness (QED) is 0.624. The number of hydrogen-bond donors (Lipinski definition) is 0. The molecule has 1 saturated heterocycles. The standard InChI is InChI=1S/C13H26O/c1-11(2,3)9-12(4,5)8-10-13(6,7)14-10/h10H,8-9H2,1-7H3. The van der Waals surface area contributed by atoms with Crippen LogP contribution in [0.25, 0.3) is 0 Å². The lowest BCUT2D eigenvalue weighted by Crippen LogP contribution is -2.23. The number of epoxide rings is 1. The summed E-state index contributed by atoms with van der Waals surface area (Å²) in [6, 6.07) is 0. The van der Waals surface area contributed by atoms with E-state index < -0.39 is 0 Å². The average Bonchev–Trinajstić information content (AvgIpc) is 2.28. The Hall–Kier alpha value is -0.0400. The lowest BCUT2D eigenvalue weighted by atomic mass is 9.73. The molecule has 0 saturated carbocycles. The van der Waals surface area contributed by atoms with E-state index in [0.717, 1.165) is 0 Å². The summed E-state index contributed by atoms with van der Waals surface area (Å²) < 4.78 is 5.65. The number of rotatable bonds is 3. The SMILES string of the molecule is CC(C)(C)CC(C)(C)CC1OC1(C)C. The van der Waals surface area contributed by atoms with E-state index in [2.05, 4.69) is 48.5 Å². The van der Waals surface area contributed by atoms with Gasteiger partial charge in [0.05, 0.1) is 11.7 Å². The Morgan fingerprint density at radius 3 is 1.79 bits per heavy atom. The van der Waals surface area contributed by atoms with Crippen molar-refractivity contribution in [3.8, 4) is 0 Å². The fraction of sp³-hybridized carbons (Fsp3) is 1.00. The van der Waals surface area contributed by atoms with Crippen molar-refractivity contribution in [3.63, 3.8) is 0 Å². The van der Waals surface area contributed by atoms with Crippen molar-refractivity contribution in [1.82, 2.24) is 0 Å². The Morgan fingerprint density at radius 2 is 1.50 bits per heavy atom. The first-order chi connectivity index (χ1) is 6.02. The lowest BCUT2D eigenvalue weighted by molar-refractivity contribution is 0.181. The van der Waals surface area contributed by atoms with Gasteiger partial charge in [-0.2, -0.15) is 0 Å². The van der Waals surface area contributed by atoms with Crippen LogP contribution < -0.4 is 0 Å². The normalized spacial score (nSPS) is 26.4. The molecule has 1 heterocycles. The van der Waals surface area contributed by atoms with Crippen molar-refractivity contribution < 1.29 is 4.74 Å². The molecule has 0 spiro atoms. The number of hydrogen-bond acceptors (Lipinski definition) is 1. The molecule has 0 aliphatic carbocycles. The van der Waals surface area contributed by atoms with Gasteiger partial charge in [0, 0.05) is 0 Å². The smallest absolute Gasteiger partial charge is 0.0892 e. The Morgan fingerprint density at radius 1 is 1.07 bits per heavy atom. The van der Waals surface area contributed by atoms with Crippen molar-refractivity contribution in [2.24, 2.45) is 10.8 Å². The summed E-state index contributed by atoms with van der Waals surface area (Å²) >= 11 is 0. The maximum absolute atomic E-state index is 5.65. The van der Waals surface area contributed by atoms with Crippen molar-refractivity contribution >= 4 is 0 Å². The Bertz CT molecular complexity index is 208. The lowest BCUT2D eigenvalue weighted by Gasteiger charge is -2.32. The van der Waals surface area contributed by atoms with Gasteiger partial charge in [0.2, 0.25) is 0 Å². The second-order valence-corrected chi connectivity index (χ2v) is 7.32. The van der Waals surface area contributed by atoms with Gasteiger partial charge in [-0.05, 0) is 37.5 Å². The van der Waals surface area contributed by atoms with E-state index in [0.29, 0.717) is 16.9 Å². The summed E-state index contributed by atoms with van der Waals surface area (Å²) in [5, 5.41) is 0. The van der Waals surface area contributed by atoms with Gasteiger partial charge in [0.25, 0.3) is 0 Å². The largest absolute Gasteiger partial charge is 0.367 e. The molecule has 1 aliphatic rings. The van der Waals surface area contributed by atoms with Crippen LogP contribution in [0.1, 0.15) is 61.3 Å². The predicted molar refractivity (Wildman–Crippen MR) is 61.4 cm³/mol. The minimum Gasteiger partial charge on any atom is -0.367 e. The van der Waals surface area contributed by atoms with Crippen LogP contribution in [0, 0.1) is 10.8 Å². The van der Waals surface area contributed by atoms with Gasteiger partial charge in [0.1, 0.15) is 0 Å². The van der Waals surface area contributed by atoms with Gasteiger partial charge in [-0.25, -0.2) is 0 Å². The van der Waals surface area contributed by atoms with Crippen molar-refractivity contribution in [2.45, 2.75) is 73.0 Å². The highest BCUT2D eigenvalue weighted by Gasteiger charge is 2.50. The molecule has 0 aromatic heterocycles. The summed E-state index contributed by atoms with van der Waals surface area (Å²) in [6.45, 7) is 16.0. The highest BCUT2D eigenvalue weighted by atomic mass is 16.6. The molecule has 1 aliphatic heterocycles. The van der Waals surface area contributed by atoms with Crippen LogP contribution >= 0.6 is 0 Å². The molecule has 1 unspecified atom stereocenters. The fourth-order valence-electron chi connectivity index (χ4n) is 2.63. The van der Waals surface area contributed by atoms with Gasteiger partial charge < -0.3 is 4.74 Å². The monoisotopic (exact) mass is 198 g/mol. The molecule has 1 atom stereocenters. The summed E-state index contributed by atoms with van der Waals surface area (Å²) in [5.74, 6) is 0. The molecule has 0 N–H and O–H groups in total. The summed E-state index contributed by atoms with van der Waals surface area (Å²) in [5.41, 5.74) is 0.967. The molecule has 1 heteroatoms. The van der Waals surface area contributed by atoms with Crippen LogP contribution in [0.15, 0.2) is 0 Å². The van der Waals surface area contributed by atoms with Crippen molar-refractivity contribution in [2.75, 3.05) is 0 Å². The second kappa shape index (κ2) is 3.23. The van der Waals surface area contributed by atoms with Gasteiger partial charge in [-0.1, -0.05) is 34.6 Å². The maximum Gasteiger partial charge on any atom is 0.0892 e. The minimum atomic E-state index is 0.148. The molecule has 0 aromatic rings. The zero-order valence-corrected chi connectivity index (χ0v) is 10.9. The molecule has 1 nitrogen and oxygen atoms in total. The van der Waals surface area contributed by atoms with Gasteiger partial charge in [-0.15, -0.1) is 0 Å². The first-order valence-corrected chi connectivity index (χ1v) is 5.70. The van der Waals surface area contributed by atoms with Crippen LogP contribution in [0.4, 0.5) is 0 Å². The topological polar surface area (TPSA) is 12.5 Å². The first-order valence-electron chi connectivity index (χ1n) is 5.70. The van der Waals surface area contributed by atoms with Crippen molar-refractivity contribution in [3.05, 3.63) is 0 Å². The molecule has 0 bridgehead atoms. The Labute approximate surface area is 89.2 Å². The van der Waals surface area contributed by atoms with Gasteiger partial charge in [0.15, 0.2) is 0 Å². The zero-order chi connectivity index (χ0) is 11.2. The summed E-state index contributed by atoms with van der Waals surface area (Å²) in [6.07, 6.45) is 2.94.